The van der Waals surface area contributed by atoms with E-state index >= 15 is 0 Å². The van der Waals surface area contributed by atoms with Gasteiger partial charge in [0, 0.05) is 13.0 Å². The third-order valence-corrected chi connectivity index (χ3v) is 2.36. The van der Waals surface area contributed by atoms with Crippen molar-refractivity contribution in [3.63, 3.8) is 0 Å². The molecule has 0 radical (unpaired) electrons. The molecule has 1 heterocycles. The van der Waals surface area contributed by atoms with Crippen molar-refractivity contribution in [3.05, 3.63) is 45.1 Å². The number of rotatable bonds is 4. The van der Waals surface area contributed by atoms with Gasteiger partial charge in [-0.15, -0.1) is 0 Å². The Labute approximate surface area is 106 Å². The van der Waals surface area contributed by atoms with Crippen LogP contribution in [0.4, 0.5) is 5.69 Å². The molecule has 94 valence electrons. The normalized spacial score (nSPS) is 10.3. The van der Waals surface area contributed by atoms with Crippen molar-refractivity contribution < 1.29 is 14.2 Å². The van der Waals surface area contributed by atoms with E-state index in [1.165, 1.54) is 18.2 Å². The maximum atomic E-state index is 10.6. The van der Waals surface area contributed by atoms with Crippen LogP contribution in [-0.2, 0) is 6.61 Å². The number of non-ortho nitro benzene ring substituents is 1. The fourth-order valence-corrected chi connectivity index (χ4v) is 1.43. The van der Waals surface area contributed by atoms with Crippen LogP contribution in [0.25, 0.3) is 0 Å². The lowest BCUT2D eigenvalue weighted by molar-refractivity contribution is -0.384. The smallest absolute Gasteiger partial charge is 0.273 e. The molecule has 0 N–H and O–H groups in total. The van der Waals surface area contributed by atoms with E-state index < -0.39 is 4.92 Å². The predicted octanol–water partition coefficient (Wildman–Crippen LogP) is 2.52. The van der Waals surface area contributed by atoms with Crippen molar-refractivity contribution in [2.24, 2.45) is 0 Å². The lowest BCUT2D eigenvalue weighted by Crippen LogP contribution is -1.99. The van der Waals surface area contributed by atoms with Gasteiger partial charge < -0.3 is 9.26 Å². The lowest BCUT2D eigenvalue weighted by atomic mass is 10.3. The number of benzene rings is 1. The maximum Gasteiger partial charge on any atom is 0.273 e. The Hall–Kier alpha value is -2.15. The van der Waals surface area contributed by atoms with Crippen molar-refractivity contribution in [1.82, 2.24) is 10.1 Å². The van der Waals surface area contributed by atoms with Crippen LogP contribution in [0.5, 0.6) is 5.75 Å². The highest BCUT2D eigenvalue weighted by molar-refractivity contribution is 6.32. The van der Waals surface area contributed by atoms with Crippen molar-refractivity contribution in [2.75, 3.05) is 0 Å². The van der Waals surface area contributed by atoms with Crippen LogP contribution >= 0.6 is 11.6 Å². The zero-order chi connectivity index (χ0) is 13.1. The fourth-order valence-electron chi connectivity index (χ4n) is 1.26. The molecule has 0 atom stereocenters. The second-order valence-electron chi connectivity index (χ2n) is 3.39. The summed E-state index contributed by atoms with van der Waals surface area (Å²) in [6.45, 7) is 1.68. The average molecular weight is 270 g/mol. The molecule has 0 saturated carbocycles. The van der Waals surface area contributed by atoms with Gasteiger partial charge in [-0.1, -0.05) is 16.8 Å². The van der Waals surface area contributed by atoms with Gasteiger partial charge in [0.15, 0.2) is 6.61 Å². The molecule has 0 saturated heterocycles. The fraction of sp³-hybridized carbons (Fsp3) is 0.200. The van der Waals surface area contributed by atoms with Crippen LogP contribution in [0.2, 0.25) is 5.02 Å². The van der Waals surface area contributed by atoms with Crippen molar-refractivity contribution >= 4 is 17.3 Å². The Balaban J connectivity index is 2.13. The summed E-state index contributed by atoms with van der Waals surface area (Å²) >= 11 is 5.86. The van der Waals surface area contributed by atoms with E-state index in [1.807, 2.05) is 0 Å². The van der Waals surface area contributed by atoms with Crippen LogP contribution < -0.4 is 4.74 Å². The van der Waals surface area contributed by atoms with Gasteiger partial charge in [-0.3, -0.25) is 10.1 Å². The van der Waals surface area contributed by atoms with Gasteiger partial charge in [0.25, 0.3) is 5.69 Å². The van der Waals surface area contributed by atoms with E-state index in [0.717, 1.165) is 0 Å². The highest BCUT2D eigenvalue weighted by Crippen LogP contribution is 2.29. The molecule has 0 fully saturated rings. The number of nitrogens with zero attached hydrogens (tertiary/aromatic N) is 3. The molecular formula is C10H8ClN3O4. The van der Waals surface area contributed by atoms with Crippen LogP contribution in [0.15, 0.2) is 22.7 Å². The molecule has 0 aliphatic heterocycles. The Morgan fingerprint density at radius 2 is 2.33 bits per heavy atom. The summed E-state index contributed by atoms with van der Waals surface area (Å²) in [6.07, 6.45) is 0. The number of hydrogen-bond acceptors (Lipinski definition) is 6. The first-order chi connectivity index (χ1) is 8.56. The minimum absolute atomic E-state index is 0.0260. The Morgan fingerprint density at radius 1 is 1.56 bits per heavy atom. The van der Waals surface area contributed by atoms with Gasteiger partial charge in [-0.2, -0.15) is 4.98 Å². The minimum atomic E-state index is -0.526. The van der Waals surface area contributed by atoms with Gasteiger partial charge >= 0.3 is 0 Å². The maximum absolute atomic E-state index is 10.6. The Bertz CT molecular complexity index is 584. The number of hydrogen-bond donors (Lipinski definition) is 0. The summed E-state index contributed by atoms with van der Waals surface area (Å²) in [5, 5.41) is 14.5. The van der Waals surface area contributed by atoms with Crippen LogP contribution in [0.1, 0.15) is 11.7 Å². The lowest BCUT2D eigenvalue weighted by Gasteiger charge is -2.04. The number of halogens is 1. The number of aryl methyl sites for hydroxylation is 1. The number of nitro groups is 1. The summed E-state index contributed by atoms with van der Waals surface area (Å²) in [7, 11) is 0. The predicted molar refractivity (Wildman–Crippen MR) is 61.5 cm³/mol. The van der Waals surface area contributed by atoms with Crippen molar-refractivity contribution in [2.45, 2.75) is 13.5 Å². The molecule has 8 heteroatoms. The molecule has 2 aromatic rings. The molecule has 0 amide bonds. The van der Waals surface area contributed by atoms with Gasteiger partial charge in [0.05, 0.1) is 16.0 Å². The second-order valence-corrected chi connectivity index (χ2v) is 3.80. The Morgan fingerprint density at radius 3 is 2.94 bits per heavy atom. The van der Waals surface area contributed by atoms with Gasteiger partial charge in [0.1, 0.15) is 5.75 Å². The summed E-state index contributed by atoms with van der Waals surface area (Å²) in [6, 6.07) is 3.94. The Kier molecular flexibility index (Phi) is 3.42. The molecule has 18 heavy (non-hydrogen) atoms. The van der Waals surface area contributed by atoms with Crippen LogP contribution in [0.3, 0.4) is 0 Å². The minimum Gasteiger partial charge on any atom is -0.484 e. The van der Waals surface area contributed by atoms with E-state index in [1.54, 1.807) is 6.92 Å². The standard InChI is InChI=1S/C10H8ClN3O4/c1-6-12-10(13-18-6)5-17-9-4-7(14(15)16)2-3-8(9)11/h2-4H,5H2,1H3. The highest BCUT2D eigenvalue weighted by atomic mass is 35.5. The molecule has 0 aliphatic rings. The van der Waals surface area contributed by atoms with Crippen molar-refractivity contribution in [3.8, 4) is 5.75 Å². The first-order valence-corrected chi connectivity index (χ1v) is 5.30. The molecule has 7 nitrogen and oxygen atoms in total. The summed E-state index contributed by atoms with van der Waals surface area (Å²) in [5.41, 5.74) is -0.0984. The van der Waals surface area contributed by atoms with E-state index in [-0.39, 0.29) is 23.1 Å². The van der Waals surface area contributed by atoms with Gasteiger partial charge in [-0.05, 0) is 6.07 Å². The van der Waals surface area contributed by atoms with E-state index in [9.17, 15) is 10.1 Å². The zero-order valence-corrected chi connectivity index (χ0v) is 10.0. The average Bonchev–Trinajstić information content (AvgIpc) is 2.74. The molecule has 1 aromatic heterocycles. The summed E-state index contributed by atoms with van der Waals surface area (Å²) in [4.78, 5) is 14.0. The number of nitro benzene ring substituents is 1. The molecule has 2 rings (SSSR count). The molecule has 0 aliphatic carbocycles. The zero-order valence-electron chi connectivity index (χ0n) is 9.29. The van der Waals surface area contributed by atoms with E-state index in [4.69, 9.17) is 20.9 Å². The van der Waals surface area contributed by atoms with Gasteiger partial charge in [0.2, 0.25) is 11.7 Å². The van der Waals surface area contributed by atoms with E-state index in [2.05, 4.69) is 10.1 Å². The summed E-state index contributed by atoms with van der Waals surface area (Å²) < 4.78 is 10.1. The molecule has 1 aromatic carbocycles. The SMILES string of the molecule is Cc1nc(COc2cc([N+](=O)[O-])ccc2Cl)no1. The van der Waals surface area contributed by atoms with Crippen LogP contribution in [0, 0.1) is 17.0 Å². The largest absolute Gasteiger partial charge is 0.484 e. The van der Waals surface area contributed by atoms with Gasteiger partial charge in [-0.25, -0.2) is 0 Å². The first kappa shape index (κ1) is 12.3. The van der Waals surface area contributed by atoms with Crippen molar-refractivity contribution in [1.29, 1.82) is 0 Å². The molecule has 0 unspecified atom stereocenters. The van der Waals surface area contributed by atoms with E-state index in [0.29, 0.717) is 11.7 Å². The highest BCUT2D eigenvalue weighted by Gasteiger charge is 2.12. The van der Waals surface area contributed by atoms with Crippen LogP contribution in [-0.4, -0.2) is 15.1 Å². The third-order valence-electron chi connectivity index (χ3n) is 2.05. The number of aromatic nitrogens is 2. The topological polar surface area (TPSA) is 91.3 Å². The first-order valence-electron chi connectivity index (χ1n) is 4.92. The summed E-state index contributed by atoms with van der Waals surface area (Å²) in [5.74, 6) is 0.960. The molecule has 0 bridgehead atoms. The molecule has 0 spiro atoms. The third kappa shape index (κ3) is 2.75. The monoisotopic (exact) mass is 269 g/mol. The second kappa shape index (κ2) is 5.01. The molecular weight excluding hydrogens is 262 g/mol. The number of ether oxygens (including phenoxy) is 1. The quantitative estimate of drug-likeness (QED) is 0.625.